The third-order valence-electron chi connectivity index (χ3n) is 5.10. The van der Waals surface area contributed by atoms with E-state index in [0.29, 0.717) is 24.9 Å². The van der Waals surface area contributed by atoms with Crippen molar-refractivity contribution in [3.05, 3.63) is 30.1 Å². The summed E-state index contributed by atoms with van der Waals surface area (Å²) in [5.41, 5.74) is 2.80. The average molecular weight is 560 g/mol. The lowest BCUT2D eigenvalue weighted by Crippen LogP contribution is -2.60. The Balaban J connectivity index is 2.02. The van der Waals surface area contributed by atoms with Gasteiger partial charge in [-0.2, -0.15) is 0 Å². The van der Waals surface area contributed by atoms with Gasteiger partial charge in [-0.25, -0.2) is 10.2 Å². The van der Waals surface area contributed by atoms with Gasteiger partial charge >= 0.3 is 12.1 Å². The van der Waals surface area contributed by atoms with Crippen molar-refractivity contribution in [2.24, 2.45) is 0 Å². The second kappa shape index (κ2) is 13.3. The van der Waals surface area contributed by atoms with Gasteiger partial charge in [0.15, 0.2) is 0 Å². The molecule has 0 aromatic carbocycles. The molecule has 3 atom stereocenters. The molecule has 3 N–H and O–H groups in total. The molecule has 2 rings (SSSR count). The highest BCUT2D eigenvalue weighted by molar-refractivity contribution is 6.48. The van der Waals surface area contributed by atoms with Gasteiger partial charge in [-0.1, -0.05) is 29.3 Å². The van der Waals surface area contributed by atoms with Crippen LogP contribution in [0.15, 0.2) is 24.5 Å². The molecule has 37 heavy (non-hydrogen) atoms. The lowest BCUT2D eigenvalue weighted by atomic mass is 10.1. The normalized spacial score (nSPS) is 17.8. The quantitative estimate of drug-likeness (QED) is 0.309. The largest absolute Gasteiger partial charge is 0.461 e. The highest BCUT2D eigenvalue weighted by Gasteiger charge is 2.33. The van der Waals surface area contributed by atoms with Gasteiger partial charge in [0, 0.05) is 25.4 Å². The fourth-order valence-corrected chi connectivity index (χ4v) is 3.55. The maximum Gasteiger partial charge on any atom is 0.408 e. The van der Waals surface area contributed by atoms with Gasteiger partial charge in [-0.05, 0) is 59.1 Å². The fraction of sp³-hybridized carbons (Fsp3) is 0.625. The number of carbonyl (C=O) groups is 4. The van der Waals surface area contributed by atoms with Crippen LogP contribution in [0.1, 0.15) is 53.0 Å². The molecule has 11 nitrogen and oxygen atoms in total. The molecule has 1 aliphatic rings. The Labute approximate surface area is 226 Å². The summed E-state index contributed by atoms with van der Waals surface area (Å²) in [7, 11) is 0. The molecule has 3 amide bonds. The number of amides is 3. The van der Waals surface area contributed by atoms with E-state index in [-0.39, 0.29) is 13.0 Å². The minimum Gasteiger partial charge on any atom is -0.461 e. The zero-order chi connectivity index (χ0) is 27.8. The van der Waals surface area contributed by atoms with Crippen LogP contribution < -0.4 is 16.1 Å². The number of halogens is 2. The maximum absolute atomic E-state index is 13.1. The third kappa shape index (κ3) is 11.1. The Morgan fingerprint density at radius 2 is 1.92 bits per heavy atom. The number of carbonyl (C=O) groups excluding carboxylic acids is 4. The van der Waals surface area contributed by atoms with Gasteiger partial charge in [-0.3, -0.25) is 24.4 Å². The number of rotatable bonds is 9. The topological polar surface area (TPSA) is 139 Å². The van der Waals surface area contributed by atoms with Gasteiger partial charge in [0.2, 0.25) is 5.91 Å². The van der Waals surface area contributed by atoms with Crippen molar-refractivity contribution < 1.29 is 28.7 Å². The number of aromatic nitrogens is 1. The molecule has 1 aliphatic heterocycles. The molecule has 1 saturated heterocycles. The second-order valence-corrected chi connectivity index (χ2v) is 11.8. The smallest absolute Gasteiger partial charge is 0.408 e. The number of hydrogen-bond donors (Lipinski definition) is 3. The zero-order valence-corrected chi connectivity index (χ0v) is 23.2. The molecule has 1 aromatic rings. The first-order valence-electron chi connectivity index (χ1n) is 12.0. The number of alkyl halides is 2. The Bertz CT molecular complexity index is 951. The molecule has 0 spiro atoms. The number of esters is 1. The number of alkyl carbamates (subject to hydrolysis) is 1. The van der Waals surface area contributed by atoms with Crippen LogP contribution in [0.3, 0.4) is 0 Å². The maximum atomic E-state index is 13.1. The number of hydrazine groups is 1. The standard InChI is InChI=1S/C24H35Cl2N5O6/c1-15(20(33)31-11-7-9-17(30-31)21(34)36-14-24(5,25)26)28-19(32)18(12-16-8-6-10-27-13-16)29-22(35)37-23(2,3)4/h6,8,10,13,15,17-18,30H,7,9,11-12,14H2,1-5H3,(H,28,32)(H,29,35)/t15-,17-,18-/m0/s1. The first-order chi connectivity index (χ1) is 17.1. The lowest BCUT2D eigenvalue weighted by molar-refractivity contribution is -0.153. The molecule has 206 valence electrons. The summed E-state index contributed by atoms with van der Waals surface area (Å²) in [5, 5.41) is 6.49. The minimum absolute atomic E-state index is 0.135. The highest BCUT2D eigenvalue weighted by atomic mass is 35.5. The molecule has 0 aliphatic carbocycles. The van der Waals surface area contributed by atoms with Crippen molar-refractivity contribution in [1.82, 2.24) is 26.1 Å². The molecular formula is C24H35Cl2N5O6. The van der Waals surface area contributed by atoms with Crippen LogP contribution in [0.4, 0.5) is 4.79 Å². The summed E-state index contributed by atoms with van der Waals surface area (Å²) in [6.45, 7) is 8.28. The molecular weight excluding hydrogens is 525 g/mol. The fourth-order valence-electron chi connectivity index (χ4n) is 3.44. The Morgan fingerprint density at radius 1 is 1.22 bits per heavy atom. The number of nitrogens with one attached hydrogen (secondary N) is 3. The van der Waals surface area contributed by atoms with Gasteiger partial charge in [0.05, 0.1) is 0 Å². The Hall–Kier alpha value is -2.63. The SMILES string of the molecule is C[C@H](NC(=O)[C@H](Cc1cccnc1)NC(=O)OC(C)(C)C)C(=O)N1CCC[C@@H](C(=O)OCC(C)(Cl)Cl)N1. The van der Waals surface area contributed by atoms with Gasteiger partial charge in [0.25, 0.3) is 5.91 Å². The van der Waals surface area contributed by atoms with E-state index in [1.807, 2.05) is 0 Å². The van der Waals surface area contributed by atoms with Crippen molar-refractivity contribution in [2.45, 2.75) is 81.9 Å². The van der Waals surface area contributed by atoms with Crippen LogP contribution in [0.5, 0.6) is 0 Å². The molecule has 0 bridgehead atoms. The van der Waals surface area contributed by atoms with Gasteiger partial charge in [0.1, 0.15) is 34.7 Å². The van der Waals surface area contributed by atoms with Crippen LogP contribution in [-0.2, 0) is 30.3 Å². The van der Waals surface area contributed by atoms with E-state index in [4.69, 9.17) is 32.7 Å². The number of hydrogen-bond acceptors (Lipinski definition) is 8. The summed E-state index contributed by atoms with van der Waals surface area (Å²) in [6.07, 6.45) is 3.55. The molecule has 0 saturated carbocycles. The van der Waals surface area contributed by atoms with E-state index < -0.39 is 51.9 Å². The van der Waals surface area contributed by atoms with Crippen LogP contribution in [0.25, 0.3) is 0 Å². The van der Waals surface area contributed by atoms with Crippen LogP contribution >= 0.6 is 23.2 Å². The van der Waals surface area contributed by atoms with Gasteiger partial charge < -0.3 is 20.1 Å². The molecule has 13 heteroatoms. The molecule has 0 radical (unpaired) electrons. The predicted molar refractivity (Wildman–Crippen MR) is 138 cm³/mol. The van der Waals surface area contributed by atoms with E-state index in [0.717, 1.165) is 0 Å². The Morgan fingerprint density at radius 3 is 2.51 bits per heavy atom. The molecule has 1 aromatic heterocycles. The van der Waals surface area contributed by atoms with E-state index in [2.05, 4.69) is 21.0 Å². The summed E-state index contributed by atoms with van der Waals surface area (Å²) in [6, 6.07) is 0.747. The minimum atomic E-state index is -1.22. The van der Waals surface area contributed by atoms with Crippen molar-refractivity contribution in [1.29, 1.82) is 0 Å². The average Bonchev–Trinajstić information content (AvgIpc) is 2.80. The summed E-state index contributed by atoms with van der Waals surface area (Å²) >= 11 is 11.7. The van der Waals surface area contributed by atoms with E-state index >= 15 is 0 Å². The van der Waals surface area contributed by atoms with E-state index in [1.54, 1.807) is 45.3 Å². The summed E-state index contributed by atoms with van der Waals surface area (Å²) in [4.78, 5) is 54.9. The first-order valence-corrected chi connectivity index (χ1v) is 12.7. The molecule has 1 fully saturated rings. The highest BCUT2D eigenvalue weighted by Crippen LogP contribution is 2.20. The number of pyridine rings is 1. The molecule has 0 unspecified atom stereocenters. The van der Waals surface area contributed by atoms with E-state index in [1.165, 1.54) is 18.9 Å². The van der Waals surface area contributed by atoms with Crippen LogP contribution in [0, 0.1) is 0 Å². The van der Waals surface area contributed by atoms with Gasteiger partial charge in [-0.15, -0.1) is 0 Å². The summed E-state index contributed by atoms with van der Waals surface area (Å²) in [5.74, 6) is -1.62. The first kappa shape index (κ1) is 30.6. The van der Waals surface area contributed by atoms with Crippen molar-refractivity contribution >= 4 is 47.1 Å². The van der Waals surface area contributed by atoms with Crippen LogP contribution in [-0.4, -0.2) is 75.1 Å². The summed E-state index contributed by atoms with van der Waals surface area (Å²) < 4.78 is 9.19. The number of nitrogens with zero attached hydrogens (tertiary/aromatic N) is 2. The number of ether oxygens (including phenoxy) is 2. The Kier molecular flexibility index (Phi) is 11.0. The van der Waals surface area contributed by atoms with Crippen molar-refractivity contribution in [2.75, 3.05) is 13.2 Å². The molecule has 2 heterocycles. The monoisotopic (exact) mass is 559 g/mol. The zero-order valence-electron chi connectivity index (χ0n) is 21.7. The van der Waals surface area contributed by atoms with Crippen molar-refractivity contribution in [3.63, 3.8) is 0 Å². The van der Waals surface area contributed by atoms with Crippen LogP contribution in [0.2, 0.25) is 0 Å². The predicted octanol–water partition coefficient (Wildman–Crippen LogP) is 2.25. The third-order valence-corrected chi connectivity index (χ3v) is 5.32. The van der Waals surface area contributed by atoms with E-state index in [9.17, 15) is 19.2 Å². The second-order valence-electron chi connectivity index (χ2n) is 9.99. The lowest BCUT2D eigenvalue weighted by Gasteiger charge is -2.34. The van der Waals surface area contributed by atoms with Crippen molar-refractivity contribution in [3.8, 4) is 0 Å².